The molecule has 1 aromatic carbocycles. The summed E-state index contributed by atoms with van der Waals surface area (Å²) in [5, 5.41) is 9.01. The predicted molar refractivity (Wildman–Crippen MR) is 59.8 cm³/mol. The van der Waals surface area contributed by atoms with Crippen molar-refractivity contribution in [2.24, 2.45) is 0 Å². The fraction of sp³-hybridized carbons (Fsp3) is 0.417. The molecule has 16 heavy (non-hydrogen) atoms. The number of rotatable bonds is 5. The maximum atomic E-state index is 11.0. The van der Waals surface area contributed by atoms with E-state index in [1.807, 2.05) is 6.07 Å². The van der Waals surface area contributed by atoms with E-state index in [0.717, 1.165) is 11.1 Å². The molecule has 4 nitrogen and oxygen atoms in total. The summed E-state index contributed by atoms with van der Waals surface area (Å²) in [5.41, 5.74) is 1.60. The third-order valence-corrected chi connectivity index (χ3v) is 2.49. The monoisotopic (exact) mass is 224 g/mol. The van der Waals surface area contributed by atoms with Gasteiger partial charge in [-0.2, -0.15) is 0 Å². The van der Waals surface area contributed by atoms with E-state index in [1.54, 1.807) is 33.3 Å². The average Bonchev–Trinajstić information content (AvgIpc) is 2.29. The summed E-state index contributed by atoms with van der Waals surface area (Å²) in [6.45, 7) is 2.05. The number of carbonyl (C=O) groups is 1. The van der Waals surface area contributed by atoms with E-state index in [0.29, 0.717) is 12.4 Å². The lowest BCUT2D eigenvalue weighted by Gasteiger charge is -2.14. The van der Waals surface area contributed by atoms with E-state index in [4.69, 9.17) is 14.6 Å². The fourth-order valence-corrected chi connectivity index (χ4v) is 1.52. The highest BCUT2D eigenvalue weighted by molar-refractivity contribution is 5.76. The highest BCUT2D eigenvalue weighted by Gasteiger charge is 2.18. The first kappa shape index (κ1) is 12.5. The van der Waals surface area contributed by atoms with E-state index < -0.39 is 11.9 Å². The molecule has 0 aliphatic rings. The Labute approximate surface area is 94.8 Å². The minimum absolute atomic E-state index is 0.400. The number of carboxylic acids is 1. The molecule has 0 aromatic heterocycles. The van der Waals surface area contributed by atoms with Gasteiger partial charge in [0.15, 0.2) is 0 Å². The summed E-state index contributed by atoms with van der Waals surface area (Å²) in [5.74, 6) is -0.770. The fourth-order valence-electron chi connectivity index (χ4n) is 1.52. The molecule has 0 amide bonds. The molecule has 0 bridgehead atoms. The lowest BCUT2D eigenvalue weighted by molar-refractivity contribution is -0.138. The molecule has 0 saturated carbocycles. The van der Waals surface area contributed by atoms with Gasteiger partial charge in [0.05, 0.1) is 19.6 Å². The standard InChI is InChI=1S/C12H16O4/c1-8(12(13)14)11-6-10(16-3)5-4-9(11)7-15-2/h4-6,8H,7H2,1-3H3,(H,13,14). The Morgan fingerprint density at radius 1 is 1.44 bits per heavy atom. The van der Waals surface area contributed by atoms with Gasteiger partial charge in [-0.3, -0.25) is 4.79 Å². The predicted octanol–water partition coefficient (Wildman–Crippen LogP) is 2.03. The SMILES string of the molecule is COCc1ccc(OC)cc1C(C)C(=O)O. The van der Waals surface area contributed by atoms with Crippen molar-refractivity contribution in [2.45, 2.75) is 19.4 Å². The Kier molecular flexibility index (Phi) is 4.31. The molecule has 1 unspecified atom stereocenters. The summed E-state index contributed by atoms with van der Waals surface area (Å²) in [6.07, 6.45) is 0. The minimum Gasteiger partial charge on any atom is -0.497 e. The van der Waals surface area contributed by atoms with Crippen molar-refractivity contribution in [3.8, 4) is 5.75 Å². The molecule has 0 aliphatic carbocycles. The van der Waals surface area contributed by atoms with Crippen LogP contribution in [0.15, 0.2) is 18.2 Å². The largest absolute Gasteiger partial charge is 0.497 e. The molecule has 0 saturated heterocycles. The van der Waals surface area contributed by atoms with Crippen LogP contribution in [0.4, 0.5) is 0 Å². The second-order valence-corrected chi connectivity index (χ2v) is 3.56. The number of hydrogen-bond acceptors (Lipinski definition) is 3. The molecule has 1 atom stereocenters. The summed E-state index contributed by atoms with van der Waals surface area (Å²) < 4.78 is 10.1. The first-order valence-electron chi connectivity index (χ1n) is 4.98. The van der Waals surface area contributed by atoms with Crippen LogP contribution >= 0.6 is 0 Å². The van der Waals surface area contributed by atoms with Gasteiger partial charge in [-0.1, -0.05) is 6.07 Å². The molecule has 0 aliphatic heterocycles. The van der Waals surface area contributed by atoms with Crippen LogP contribution in [-0.4, -0.2) is 25.3 Å². The zero-order valence-corrected chi connectivity index (χ0v) is 9.69. The van der Waals surface area contributed by atoms with E-state index in [2.05, 4.69) is 0 Å². The normalized spacial score (nSPS) is 12.2. The van der Waals surface area contributed by atoms with Crippen molar-refractivity contribution in [3.05, 3.63) is 29.3 Å². The van der Waals surface area contributed by atoms with Gasteiger partial charge in [0.1, 0.15) is 5.75 Å². The number of aliphatic carboxylic acids is 1. The van der Waals surface area contributed by atoms with Crippen LogP contribution < -0.4 is 4.74 Å². The van der Waals surface area contributed by atoms with Crippen LogP contribution in [0, 0.1) is 0 Å². The third-order valence-electron chi connectivity index (χ3n) is 2.49. The minimum atomic E-state index is -0.856. The first-order valence-corrected chi connectivity index (χ1v) is 4.98. The lowest BCUT2D eigenvalue weighted by Crippen LogP contribution is -2.10. The van der Waals surface area contributed by atoms with Crippen molar-refractivity contribution < 1.29 is 19.4 Å². The first-order chi connectivity index (χ1) is 7.60. The topological polar surface area (TPSA) is 55.8 Å². The Hall–Kier alpha value is -1.55. The molecular weight excluding hydrogens is 208 g/mol. The van der Waals surface area contributed by atoms with Crippen LogP contribution in [0.3, 0.4) is 0 Å². The molecule has 0 heterocycles. The van der Waals surface area contributed by atoms with Crippen LogP contribution in [0.1, 0.15) is 24.0 Å². The van der Waals surface area contributed by atoms with Gasteiger partial charge < -0.3 is 14.6 Å². The van der Waals surface area contributed by atoms with Gasteiger partial charge in [-0.25, -0.2) is 0 Å². The zero-order valence-electron chi connectivity index (χ0n) is 9.69. The van der Waals surface area contributed by atoms with Gasteiger partial charge in [0.2, 0.25) is 0 Å². The summed E-state index contributed by atoms with van der Waals surface area (Å²) in [6, 6.07) is 5.37. The van der Waals surface area contributed by atoms with Crippen molar-refractivity contribution in [2.75, 3.05) is 14.2 Å². The van der Waals surface area contributed by atoms with E-state index in [1.165, 1.54) is 0 Å². The van der Waals surface area contributed by atoms with Crippen molar-refractivity contribution >= 4 is 5.97 Å². The third kappa shape index (κ3) is 2.73. The Bertz CT molecular complexity index is 373. The van der Waals surface area contributed by atoms with Crippen LogP contribution in [0.2, 0.25) is 0 Å². The molecule has 0 spiro atoms. The van der Waals surface area contributed by atoms with Crippen molar-refractivity contribution in [1.29, 1.82) is 0 Å². The quantitative estimate of drug-likeness (QED) is 0.831. The van der Waals surface area contributed by atoms with Gasteiger partial charge >= 0.3 is 5.97 Å². The molecule has 4 heteroatoms. The number of benzene rings is 1. The average molecular weight is 224 g/mol. The number of methoxy groups -OCH3 is 2. The molecule has 0 radical (unpaired) electrons. The maximum absolute atomic E-state index is 11.0. The summed E-state index contributed by atoms with van der Waals surface area (Å²) in [4.78, 5) is 11.0. The number of hydrogen-bond donors (Lipinski definition) is 1. The van der Waals surface area contributed by atoms with E-state index in [-0.39, 0.29) is 0 Å². The zero-order chi connectivity index (χ0) is 12.1. The molecule has 88 valence electrons. The Morgan fingerprint density at radius 3 is 2.62 bits per heavy atom. The van der Waals surface area contributed by atoms with Crippen LogP contribution in [0.25, 0.3) is 0 Å². The van der Waals surface area contributed by atoms with Gasteiger partial charge in [-0.15, -0.1) is 0 Å². The lowest BCUT2D eigenvalue weighted by atomic mass is 9.96. The van der Waals surface area contributed by atoms with Crippen LogP contribution in [0.5, 0.6) is 5.75 Å². The van der Waals surface area contributed by atoms with Crippen molar-refractivity contribution in [3.63, 3.8) is 0 Å². The summed E-state index contributed by atoms with van der Waals surface area (Å²) >= 11 is 0. The molecular formula is C12H16O4. The van der Waals surface area contributed by atoms with Gasteiger partial charge in [0.25, 0.3) is 0 Å². The van der Waals surface area contributed by atoms with E-state index >= 15 is 0 Å². The Balaban J connectivity index is 3.14. The van der Waals surface area contributed by atoms with E-state index in [9.17, 15) is 4.79 Å². The maximum Gasteiger partial charge on any atom is 0.310 e. The second-order valence-electron chi connectivity index (χ2n) is 3.56. The highest BCUT2D eigenvalue weighted by atomic mass is 16.5. The Morgan fingerprint density at radius 2 is 2.12 bits per heavy atom. The second kappa shape index (κ2) is 5.51. The van der Waals surface area contributed by atoms with Gasteiger partial charge in [-0.05, 0) is 30.2 Å². The summed E-state index contributed by atoms with van der Waals surface area (Å²) in [7, 11) is 3.14. The smallest absolute Gasteiger partial charge is 0.310 e. The van der Waals surface area contributed by atoms with Crippen molar-refractivity contribution in [1.82, 2.24) is 0 Å². The number of carboxylic acid groups (broad SMARTS) is 1. The molecule has 1 rings (SSSR count). The van der Waals surface area contributed by atoms with Crippen LogP contribution in [-0.2, 0) is 16.1 Å². The number of ether oxygens (including phenoxy) is 2. The molecule has 1 aromatic rings. The van der Waals surface area contributed by atoms with Gasteiger partial charge in [0, 0.05) is 7.11 Å². The highest BCUT2D eigenvalue weighted by Crippen LogP contribution is 2.25. The molecule has 0 fully saturated rings. The molecule has 1 N–H and O–H groups in total.